The van der Waals surface area contributed by atoms with Crippen molar-refractivity contribution < 1.29 is 23.9 Å². The molecule has 2 aromatic heterocycles. The monoisotopic (exact) mass is 488 g/mol. The number of imide groups is 1. The van der Waals surface area contributed by atoms with Crippen LogP contribution in [0.1, 0.15) is 48.9 Å². The third-order valence-corrected chi connectivity index (χ3v) is 7.83. The SMILES string of the molecule is CCC1(CC)NC(=O)N(CC(=O)OCC(=O)N2N=C(c3cccs3)CC2c2cccs2)C1=O. The van der Waals surface area contributed by atoms with Gasteiger partial charge in [-0.25, -0.2) is 9.80 Å². The number of hydrazone groups is 1. The summed E-state index contributed by atoms with van der Waals surface area (Å²) in [5, 5.41) is 12.4. The second-order valence-electron chi connectivity index (χ2n) is 7.77. The van der Waals surface area contributed by atoms with Gasteiger partial charge in [0.15, 0.2) is 6.61 Å². The zero-order valence-electron chi connectivity index (χ0n) is 18.3. The Morgan fingerprint density at radius 2 is 1.91 bits per heavy atom. The molecule has 1 N–H and O–H groups in total. The Kier molecular flexibility index (Phi) is 6.61. The number of nitrogens with zero attached hydrogens (tertiary/aromatic N) is 3. The minimum atomic E-state index is -0.996. The molecule has 11 heteroatoms. The first-order valence-electron chi connectivity index (χ1n) is 10.6. The Bertz CT molecular complexity index is 1080. The van der Waals surface area contributed by atoms with Crippen LogP contribution in [0.3, 0.4) is 0 Å². The Morgan fingerprint density at radius 1 is 1.18 bits per heavy atom. The molecule has 1 fully saturated rings. The largest absolute Gasteiger partial charge is 0.454 e. The van der Waals surface area contributed by atoms with Crippen molar-refractivity contribution in [1.29, 1.82) is 0 Å². The summed E-state index contributed by atoms with van der Waals surface area (Å²) in [6.07, 6.45) is 1.41. The average Bonchev–Trinajstić information content (AvgIpc) is 3.60. The number of hydrogen-bond donors (Lipinski definition) is 1. The molecule has 0 spiro atoms. The highest BCUT2D eigenvalue weighted by Gasteiger charge is 2.49. The minimum Gasteiger partial charge on any atom is -0.454 e. The molecular weight excluding hydrogens is 464 g/mol. The zero-order chi connectivity index (χ0) is 23.6. The summed E-state index contributed by atoms with van der Waals surface area (Å²) in [5.41, 5.74) is -0.193. The van der Waals surface area contributed by atoms with Crippen LogP contribution in [0.25, 0.3) is 0 Å². The van der Waals surface area contributed by atoms with E-state index in [1.165, 1.54) is 16.3 Å². The first-order valence-corrected chi connectivity index (χ1v) is 12.4. The fourth-order valence-corrected chi connectivity index (χ4v) is 5.50. The highest BCUT2D eigenvalue weighted by Crippen LogP contribution is 2.36. The molecule has 4 rings (SSSR count). The highest BCUT2D eigenvalue weighted by atomic mass is 32.1. The van der Waals surface area contributed by atoms with Crippen molar-refractivity contribution in [2.45, 2.75) is 44.7 Å². The van der Waals surface area contributed by atoms with Crippen LogP contribution in [0.4, 0.5) is 4.79 Å². The Balaban J connectivity index is 1.40. The molecule has 1 atom stereocenters. The lowest BCUT2D eigenvalue weighted by atomic mass is 9.93. The number of amides is 4. The van der Waals surface area contributed by atoms with Gasteiger partial charge in [0.1, 0.15) is 12.1 Å². The number of esters is 1. The fraction of sp³-hybridized carbons (Fsp3) is 0.409. The average molecular weight is 489 g/mol. The molecule has 33 heavy (non-hydrogen) atoms. The van der Waals surface area contributed by atoms with Crippen LogP contribution in [0.5, 0.6) is 0 Å². The Morgan fingerprint density at radius 3 is 2.52 bits per heavy atom. The van der Waals surface area contributed by atoms with E-state index in [2.05, 4.69) is 10.4 Å². The normalized spacial score (nSPS) is 19.6. The third kappa shape index (κ3) is 4.42. The van der Waals surface area contributed by atoms with E-state index in [0.717, 1.165) is 20.4 Å². The van der Waals surface area contributed by atoms with Gasteiger partial charge in [-0.3, -0.25) is 19.3 Å². The molecule has 174 valence electrons. The van der Waals surface area contributed by atoms with Gasteiger partial charge in [0.2, 0.25) is 0 Å². The summed E-state index contributed by atoms with van der Waals surface area (Å²) in [7, 11) is 0. The van der Waals surface area contributed by atoms with Gasteiger partial charge in [0.05, 0.1) is 16.6 Å². The lowest BCUT2D eigenvalue weighted by Crippen LogP contribution is -2.46. The van der Waals surface area contributed by atoms with Crippen LogP contribution in [0.2, 0.25) is 0 Å². The van der Waals surface area contributed by atoms with E-state index in [1.807, 2.05) is 35.0 Å². The van der Waals surface area contributed by atoms with Crippen LogP contribution < -0.4 is 5.32 Å². The van der Waals surface area contributed by atoms with Crippen LogP contribution in [0.15, 0.2) is 40.1 Å². The van der Waals surface area contributed by atoms with Gasteiger partial charge in [0, 0.05) is 11.3 Å². The van der Waals surface area contributed by atoms with E-state index in [0.29, 0.717) is 19.3 Å². The third-order valence-electron chi connectivity index (χ3n) is 5.94. The van der Waals surface area contributed by atoms with Gasteiger partial charge in [-0.1, -0.05) is 26.0 Å². The van der Waals surface area contributed by atoms with E-state index in [9.17, 15) is 19.2 Å². The Labute approximate surface area is 199 Å². The summed E-state index contributed by atoms with van der Waals surface area (Å²) in [5.74, 6) is -1.76. The zero-order valence-corrected chi connectivity index (χ0v) is 19.9. The summed E-state index contributed by atoms with van der Waals surface area (Å²) >= 11 is 3.08. The standard InChI is InChI=1S/C22H24N4O5S2/c1-3-22(4-2)20(29)25(21(30)23-22)12-19(28)31-13-18(27)26-15(17-8-6-10-33-17)11-14(24-26)16-7-5-9-32-16/h5-10,15H,3-4,11-13H2,1-2H3,(H,23,30). The van der Waals surface area contributed by atoms with Crippen LogP contribution in [-0.4, -0.2) is 58.1 Å². The lowest BCUT2D eigenvalue weighted by Gasteiger charge is -2.23. The van der Waals surface area contributed by atoms with Gasteiger partial charge < -0.3 is 10.1 Å². The van der Waals surface area contributed by atoms with Gasteiger partial charge in [-0.05, 0) is 35.7 Å². The molecular formula is C22H24N4O5S2. The number of ether oxygens (including phenoxy) is 1. The summed E-state index contributed by atoms with van der Waals surface area (Å²) in [6.45, 7) is 2.52. The fourth-order valence-electron chi connectivity index (χ4n) is 3.97. The smallest absolute Gasteiger partial charge is 0.326 e. The van der Waals surface area contributed by atoms with Crippen LogP contribution >= 0.6 is 22.7 Å². The summed E-state index contributed by atoms with van der Waals surface area (Å²) in [4.78, 5) is 53.0. The van der Waals surface area contributed by atoms with Crippen molar-refractivity contribution in [3.05, 3.63) is 44.8 Å². The maximum atomic E-state index is 12.9. The number of carbonyl (C=O) groups is 4. The predicted octanol–water partition coefficient (Wildman–Crippen LogP) is 3.14. The molecule has 1 unspecified atom stereocenters. The molecule has 2 aliphatic heterocycles. The predicted molar refractivity (Wildman–Crippen MR) is 124 cm³/mol. The minimum absolute atomic E-state index is 0.269. The van der Waals surface area contributed by atoms with E-state index >= 15 is 0 Å². The lowest BCUT2D eigenvalue weighted by molar-refractivity contribution is -0.154. The van der Waals surface area contributed by atoms with E-state index in [1.54, 1.807) is 25.2 Å². The molecule has 9 nitrogen and oxygen atoms in total. The first-order chi connectivity index (χ1) is 15.9. The van der Waals surface area contributed by atoms with Gasteiger partial charge in [0.25, 0.3) is 11.8 Å². The van der Waals surface area contributed by atoms with Crippen molar-refractivity contribution >= 4 is 52.2 Å². The molecule has 4 heterocycles. The van der Waals surface area contributed by atoms with Crippen molar-refractivity contribution in [2.75, 3.05) is 13.2 Å². The summed E-state index contributed by atoms with van der Waals surface area (Å²) in [6, 6.07) is 6.84. The van der Waals surface area contributed by atoms with Gasteiger partial charge in [-0.2, -0.15) is 5.10 Å². The number of urea groups is 1. The quantitative estimate of drug-likeness (QED) is 0.454. The van der Waals surface area contributed by atoms with Crippen molar-refractivity contribution in [2.24, 2.45) is 5.10 Å². The molecule has 0 aromatic carbocycles. The number of carbonyl (C=O) groups excluding carboxylic acids is 4. The second-order valence-corrected chi connectivity index (χ2v) is 9.70. The molecule has 4 amide bonds. The van der Waals surface area contributed by atoms with E-state index < -0.39 is 42.5 Å². The number of hydrogen-bond acceptors (Lipinski definition) is 8. The topological polar surface area (TPSA) is 108 Å². The highest BCUT2D eigenvalue weighted by molar-refractivity contribution is 7.12. The molecule has 1 saturated heterocycles. The first kappa shape index (κ1) is 23.1. The van der Waals surface area contributed by atoms with Gasteiger partial charge >= 0.3 is 12.0 Å². The van der Waals surface area contributed by atoms with Crippen LogP contribution in [0, 0.1) is 0 Å². The van der Waals surface area contributed by atoms with E-state index in [-0.39, 0.29) is 6.04 Å². The Hall–Kier alpha value is -3.05. The molecule has 2 aliphatic rings. The summed E-state index contributed by atoms with van der Waals surface area (Å²) < 4.78 is 5.13. The van der Waals surface area contributed by atoms with Crippen molar-refractivity contribution in [1.82, 2.24) is 15.2 Å². The van der Waals surface area contributed by atoms with Gasteiger partial charge in [-0.15, -0.1) is 22.7 Å². The number of rotatable bonds is 8. The van der Waals surface area contributed by atoms with Crippen molar-refractivity contribution in [3.8, 4) is 0 Å². The van der Waals surface area contributed by atoms with E-state index in [4.69, 9.17) is 4.74 Å². The maximum Gasteiger partial charge on any atom is 0.326 e. The molecule has 0 aliphatic carbocycles. The molecule has 0 bridgehead atoms. The molecule has 0 saturated carbocycles. The number of nitrogens with one attached hydrogen (secondary N) is 1. The van der Waals surface area contributed by atoms with Crippen LogP contribution in [-0.2, 0) is 19.1 Å². The molecule has 0 radical (unpaired) electrons. The second kappa shape index (κ2) is 9.44. The molecule has 2 aromatic rings. The maximum absolute atomic E-state index is 12.9. The number of thiophene rings is 2. The van der Waals surface area contributed by atoms with Crippen molar-refractivity contribution in [3.63, 3.8) is 0 Å².